The molecule has 4 nitrogen and oxygen atoms in total. The zero-order valence-electron chi connectivity index (χ0n) is 12.4. The normalized spacial score (nSPS) is 11.2. The van der Waals surface area contributed by atoms with Gasteiger partial charge in [-0.25, -0.2) is 8.42 Å². The summed E-state index contributed by atoms with van der Waals surface area (Å²) in [6, 6.07) is 13.8. The Morgan fingerprint density at radius 3 is 2.10 bits per heavy atom. The van der Waals surface area contributed by atoms with E-state index in [0.717, 1.165) is 11.3 Å². The first-order chi connectivity index (χ1) is 9.95. The molecule has 0 aromatic heterocycles. The first kappa shape index (κ1) is 15.4. The van der Waals surface area contributed by atoms with E-state index >= 15 is 0 Å². The van der Waals surface area contributed by atoms with Crippen LogP contribution in [0.4, 0.5) is 5.69 Å². The second-order valence-corrected chi connectivity index (χ2v) is 6.68. The number of rotatable bonds is 5. The van der Waals surface area contributed by atoms with Gasteiger partial charge in [0.05, 0.1) is 17.2 Å². The molecule has 0 unspecified atom stereocenters. The molecular formula is C16H19NO3S. The highest BCUT2D eigenvalue weighted by Gasteiger charge is 2.20. The van der Waals surface area contributed by atoms with Crippen molar-refractivity contribution in [2.75, 3.05) is 18.0 Å². The molecule has 0 spiro atoms. The van der Waals surface area contributed by atoms with Crippen LogP contribution in [0, 0.1) is 6.92 Å². The highest BCUT2D eigenvalue weighted by Crippen LogP contribution is 2.24. The van der Waals surface area contributed by atoms with Crippen molar-refractivity contribution in [3.8, 4) is 5.75 Å². The SMILES string of the molecule is CCOc1ccc(N(C)S(=O)(=O)c2ccc(C)cc2)cc1. The fraction of sp³-hybridized carbons (Fsp3) is 0.250. The maximum atomic E-state index is 12.5. The largest absolute Gasteiger partial charge is 0.494 e. The molecule has 0 aliphatic heterocycles. The number of hydrogen-bond acceptors (Lipinski definition) is 3. The quantitative estimate of drug-likeness (QED) is 0.852. The molecule has 0 amide bonds. The second-order valence-electron chi connectivity index (χ2n) is 4.71. The van der Waals surface area contributed by atoms with E-state index in [9.17, 15) is 8.42 Å². The van der Waals surface area contributed by atoms with Crippen molar-refractivity contribution in [3.63, 3.8) is 0 Å². The van der Waals surface area contributed by atoms with Crippen LogP contribution in [-0.4, -0.2) is 22.1 Å². The van der Waals surface area contributed by atoms with Gasteiger partial charge in [-0.3, -0.25) is 4.31 Å². The summed E-state index contributed by atoms with van der Waals surface area (Å²) in [5.74, 6) is 0.724. The average Bonchev–Trinajstić information content (AvgIpc) is 2.48. The van der Waals surface area contributed by atoms with Crippen molar-refractivity contribution < 1.29 is 13.2 Å². The molecule has 0 atom stereocenters. The highest BCUT2D eigenvalue weighted by atomic mass is 32.2. The number of nitrogens with zero attached hydrogens (tertiary/aromatic N) is 1. The minimum absolute atomic E-state index is 0.282. The van der Waals surface area contributed by atoms with Gasteiger partial charge in [0.1, 0.15) is 5.75 Å². The average molecular weight is 305 g/mol. The lowest BCUT2D eigenvalue weighted by Crippen LogP contribution is -2.26. The van der Waals surface area contributed by atoms with E-state index in [1.807, 2.05) is 13.8 Å². The highest BCUT2D eigenvalue weighted by molar-refractivity contribution is 7.92. The van der Waals surface area contributed by atoms with Gasteiger partial charge >= 0.3 is 0 Å². The van der Waals surface area contributed by atoms with Crippen LogP contribution >= 0.6 is 0 Å². The summed E-state index contributed by atoms with van der Waals surface area (Å²) in [6.07, 6.45) is 0. The molecule has 2 rings (SSSR count). The first-order valence-corrected chi connectivity index (χ1v) is 8.17. The van der Waals surface area contributed by atoms with Gasteiger partial charge in [-0.05, 0) is 50.2 Å². The third-order valence-electron chi connectivity index (χ3n) is 3.19. The van der Waals surface area contributed by atoms with Crippen molar-refractivity contribution >= 4 is 15.7 Å². The van der Waals surface area contributed by atoms with Crippen LogP contribution in [0.3, 0.4) is 0 Å². The number of sulfonamides is 1. The minimum atomic E-state index is -3.54. The molecule has 0 radical (unpaired) electrons. The molecular weight excluding hydrogens is 286 g/mol. The van der Waals surface area contributed by atoms with E-state index in [2.05, 4.69) is 0 Å². The Hall–Kier alpha value is -2.01. The third kappa shape index (κ3) is 3.36. The van der Waals surface area contributed by atoms with Crippen LogP contribution in [0.5, 0.6) is 5.75 Å². The Morgan fingerprint density at radius 2 is 1.57 bits per heavy atom. The fourth-order valence-electron chi connectivity index (χ4n) is 1.93. The van der Waals surface area contributed by atoms with E-state index in [-0.39, 0.29) is 4.90 Å². The molecule has 112 valence electrons. The second kappa shape index (κ2) is 6.18. The van der Waals surface area contributed by atoms with Crippen LogP contribution in [0.2, 0.25) is 0 Å². The predicted octanol–water partition coefficient (Wildman–Crippen LogP) is 3.22. The van der Waals surface area contributed by atoms with Crippen LogP contribution in [-0.2, 0) is 10.0 Å². The van der Waals surface area contributed by atoms with Crippen LogP contribution in [0.25, 0.3) is 0 Å². The maximum absolute atomic E-state index is 12.5. The molecule has 2 aromatic carbocycles. The first-order valence-electron chi connectivity index (χ1n) is 6.73. The predicted molar refractivity (Wildman–Crippen MR) is 84.4 cm³/mol. The molecule has 0 aliphatic rings. The summed E-state index contributed by atoms with van der Waals surface area (Å²) in [6.45, 7) is 4.41. The van der Waals surface area contributed by atoms with Crippen LogP contribution < -0.4 is 9.04 Å². The smallest absolute Gasteiger partial charge is 0.264 e. The third-order valence-corrected chi connectivity index (χ3v) is 4.99. The lowest BCUT2D eigenvalue weighted by Gasteiger charge is -2.20. The van der Waals surface area contributed by atoms with Crippen molar-refractivity contribution in [2.24, 2.45) is 0 Å². The Balaban J connectivity index is 2.29. The molecule has 0 heterocycles. The molecule has 21 heavy (non-hydrogen) atoms. The molecule has 0 aliphatic carbocycles. The Bertz CT molecular complexity index is 691. The van der Waals surface area contributed by atoms with Gasteiger partial charge in [0.15, 0.2) is 0 Å². The van der Waals surface area contributed by atoms with E-state index in [4.69, 9.17) is 4.74 Å². The molecule has 0 fully saturated rings. The lowest BCUT2D eigenvalue weighted by molar-refractivity contribution is 0.340. The van der Waals surface area contributed by atoms with Gasteiger partial charge < -0.3 is 4.74 Å². The van der Waals surface area contributed by atoms with Gasteiger partial charge in [0.25, 0.3) is 10.0 Å². The summed E-state index contributed by atoms with van der Waals surface area (Å²) in [7, 11) is -1.99. The molecule has 5 heteroatoms. The van der Waals surface area contributed by atoms with Crippen LogP contribution in [0.1, 0.15) is 12.5 Å². The number of anilines is 1. The number of aryl methyl sites for hydroxylation is 1. The summed E-state index contributed by atoms with van der Waals surface area (Å²) in [5, 5.41) is 0. The van der Waals surface area contributed by atoms with Crippen LogP contribution in [0.15, 0.2) is 53.4 Å². The minimum Gasteiger partial charge on any atom is -0.494 e. The van der Waals surface area contributed by atoms with Gasteiger partial charge in [-0.1, -0.05) is 17.7 Å². The van der Waals surface area contributed by atoms with Gasteiger partial charge in [-0.15, -0.1) is 0 Å². The molecule has 0 saturated heterocycles. The molecule has 0 saturated carbocycles. The topological polar surface area (TPSA) is 46.6 Å². The van der Waals surface area contributed by atoms with Crippen molar-refractivity contribution in [1.29, 1.82) is 0 Å². The van der Waals surface area contributed by atoms with Gasteiger partial charge in [0.2, 0.25) is 0 Å². The molecule has 0 N–H and O–H groups in total. The van der Waals surface area contributed by atoms with E-state index < -0.39 is 10.0 Å². The lowest BCUT2D eigenvalue weighted by atomic mass is 10.2. The summed E-state index contributed by atoms with van der Waals surface area (Å²) < 4.78 is 31.7. The zero-order valence-corrected chi connectivity index (χ0v) is 13.2. The van der Waals surface area contributed by atoms with Gasteiger partial charge in [0, 0.05) is 7.05 Å². The van der Waals surface area contributed by atoms with Crippen molar-refractivity contribution in [1.82, 2.24) is 0 Å². The summed E-state index contributed by atoms with van der Waals surface area (Å²) in [4.78, 5) is 0.282. The number of hydrogen-bond donors (Lipinski definition) is 0. The Kier molecular flexibility index (Phi) is 4.53. The number of benzene rings is 2. The van der Waals surface area contributed by atoms with E-state index in [1.165, 1.54) is 4.31 Å². The zero-order chi connectivity index (χ0) is 15.5. The Labute approximate surface area is 126 Å². The summed E-state index contributed by atoms with van der Waals surface area (Å²) >= 11 is 0. The van der Waals surface area contributed by atoms with Crippen molar-refractivity contribution in [3.05, 3.63) is 54.1 Å². The Morgan fingerprint density at radius 1 is 1.00 bits per heavy atom. The molecule has 2 aromatic rings. The van der Waals surface area contributed by atoms with E-state index in [0.29, 0.717) is 12.3 Å². The standard InChI is InChI=1S/C16H19NO3S/c1-4-20-15-9-7-14(8-10-15)17(3)21(18,19)16-11-5-13(2)6-12-16/h5-12H,4H2,1-3H3. The van der Waals surface area contributed by atoms with Crippen molar-refractivity contribution in [2.45, 2.75) is 18.7 Å². The number of ether oxygens (including phenoxy) is 1. The fourth-order valence-corrected chi connectivity index (χ4v) is 3.12. The summed E-state index contributed by atoms with van der Waals surface area (Å²) in [5.41, 5.74) is 1.62. The van der Waals surface area contributed by atoms with Gasteiger partial charge in [-0.2, -0.15) is 0 Å². The van der Waals surface area contributed by atoms with E-state index in [1.54, 1.807) is 55.6 Å². The maximum Gasteiger partial charge on any atom is 0.264 e. The monoisotopic (exact) mass is 305 g/mol. The molecule has 0 bridgehead atoms.